The van der Waals surface area contributed by atoms with Gasteiger partial charge in [0, 0.05) is 18.6 Å². The lowest BCUT2D eigenvalue weighted by Crippen LogP contribution is -2.36. The molecule has 0 bridgehead atoms. The molecule has 1 aromatic carbocycles. The Hall–Kier alpha value is -1.37. The summed E-state index contributed by atoms with van der Waals surface area (Å²) in [6, 6.07) is 10.9. The Labute approximate surface area is 103 Å². The largest absolute Gasteiger partial charge is 0.328 e. The standard InChI is InChI=1S/C14H19N3/c15-9-11-1-3-12(4-2-11)10-17-14-7-5-13(16)6-8-14/h1-4,13-14,17H,5-8,10,16H2. The molecule has 0 aromatic heterocycles. The van der Waals surface area contributed by atoms with Crippen LogP contribution >= 0.6 is 0 Å². The van der Waals surface area contributed by atoms with Crippen LogP contribution in [0, 0.1) is 11.3 Å². The van der Waals surface area contributed by atoms with Gasteiger partial charge in [-0.3, -0.25) is 0 Å². The average molecular weight is 229 g/mol. The predicted molar refractivity (Wildman–Crippen MR) is 68.2 cm³/mol. The molecule has 0 radical (unpaired) electrons. The lowest BCUT2D eigenvalue weighted by Gasteiger charge is -2.26. The minimum Gasteiger partial charge on any atom is -0.328 e. The van der Waals surface area contributed by atoms with E-state index in [2.05, 4.69) is 11.4 Å². The maximum absolute atomic E-state index is 8.71. The van der Waals surface area contributed by atoms with Crippen LogP contribution in [0.25, 0.3) is 0 Å². The maximum atomic E-state index is 8.71. The molecule has 2 rings (SSSR count). The minimum absolute atomic E-state index is 0.406. The van der Waals surface area contributed by atoms with Gasteiger partial charge in [0.2, 0.25) is 0 Å². The Bertz CT molecular complexity index is 383. The van der Waals surface area contributed by atoms with Crippen LogP contribution in [0.3, 0.4) is 0 Å². The molecule has 3 nitrogen and oxygen atoms in total. The molecule has 0 atom stereocenters. The van der Waals surface area contributed by atoms with E-state index in [0.29, 0.717) is 12.1 Å². The van der Waals surface area contributed by atoms with Crippen LogP contribution in [-0.2, 0) is 6.54 Å². The number of nitrogens with zero attached hydrogens (tertiary/aromatic N) is 1. The molecule has 3 N–H and O–H groups in total. The quantitative estimate of drug-likeness (QED) is 0.832. The molecule has 3 heteroatoms. The van der Waals surface area contributed by atoms with Gasteiger partial charge < -0.3 is 11.1 Å². The third-order valence-electron chi connectivity index (χ3n) is 3.45. The van der Waals surface area contributed by atoms with Gasteiger partial charge in [-0.2, -0.15) is 5.26 Å². The first kappa shape index (κ1) is 12.1. The normalized spacial score (nSPS) is 24.2. The van der Waals surface area contributed by atoms with Gasteiger partial charge in [-0.1, -0.05) is 12.1 Å². The van der Waals surface area contributed by atoms with Crippen molar-refractivity contribution in [2.24, 2.45) is 5.73 Å². The first-order valence-corrected chi connectivity index (χ1v) is 6.26. The zero-order valence-corrected chi connectivity index (χ0v) is 10.0. The van der Waals surface area contributed by atoms with Gasteiger partial charge >= 0.3 is 0 Å². The number of hydrogen-bond donors (Lipinski definition) is 2. The van der Waals surface area contributed by atoms with E-state index >= 15 is 0 Å². The molecular formula is C14H19N3. The average Bonchev–Trinajstić information content (AvgIpc) is 2.39. The Kier molecular flexibility index (Phi) is 4.13. The molecule has 1 aliphatic rings. The van der Waals surface area contributed by atoms with Gasteiger partial charge in [-0.25, -0.2) is 0 Å². The van der Waals surface area contributed by atoms with Crippen molar-refractivity contribution >= 4 is 0 Å². The number of nitrogens with two attached hydrogens (primary N) is 1. The second kappa shape index (κ2) is 5.81. The fourth-order valence-electron chi connectivity index (χ4n) is 2.28. The van der Waals surface area contributed by atoms with E-state index in [4.69, 9.17) is 11.0 Å². The van der Waals surface area contributed by atoms with E-state index in [0.717, 1.165) is 24.9 Å². The van der Waals surface area contributed by atoms with Gasteiger partial charge in [0.1, 0.15) is 0 Å². The summed E-state index contributed by atoms with van der Waals surface area (Å²) in [6.45, 7) is 0.881. The first-order chi connectivity index (χ1) is 8.28. The van der Waals surface area contributed by atoms with E-state index in [9.17, 15) is 0 Å². The summed E-state index contributed by atoms with van der Waals surface area (Å²) >= 11 is 0. The van der Waals surface area contributed by atoms with Crippen molar-refractivity contribution in [2.45, 2.75) is 44.3 Å². The molecule has 1 aromatic rings. The summed E-state index contributed by atoms with van der Waals surface area (Å²) in [5.74, 6) is 0. The Morgan fingerprint density at radius 2 is 1.82 bits per heavy atom. The summed E-state index contributed by atoms with van der Waals surface area (Å²) in [4.78, 5) is 0. The Morgan fingerprint density at radius 1 is 1.18 bits per heavy atom. The maximum Gasteiger partial charge on any atom is 0.0991 e. The molecule has 0 spiro atoms. The first-order valence-electron chi connectivity index (χ1n) is 6.26. The Morgan fingerprint density at radius 3 is 2.41 bits per heavy atom. The predicted octanol–water partition coefficient (Wildman–Crippen LogP) is 1.92. The van der Waals surface area contributed by atoms with Crippen molar-refractivity contribution in [3.05, 3.63) is 35.4 Å². The van der Waals surface area contributed by atoms with Crippen LogP contribution in [0.2, 0.25) is 0 Å². The zero-order chi connectivity index (χ0) is 12.1. The van der Waals surface area contributed by atoms with Crippen molar-refractivity contribution in [1.82, 2.24) is 5.32 Å². The Balaban J connectivity index is 1.79. The highest BCUT2D eigenvalue weighted by Gasteiger charge is 2.17. The van der Waals surface area contributed by atoms with E-state index in [1.165, 1.54) is 18.4 Å². The fraction of sp³-hybridized carbons (Fsp3) is 0.500. The van der Waals surface area contributed by atoms with Crippen LogP contribution in [0.5, 0.6) is 0 Å². The number of hydrogen-bond acceptors (Lipinski definition) is 3. The lowest BCUT2D eigenvalue weighted by atomic mass is 9.92. The number of nitrogens with one attached hydrogen (secondary N) is 1. The van der Waals surface area contributed by atoms with Gasteiger partial charge in [0.25, 0.3) is 0 Å². The van der Waals surface area contributed by atoms with Crippen molar-refractivity contribution in [3.8, 4) is 6.07 Å². The smallest absolute Gasteiger partial charge is 0.0991 e. The molecule has 0 heterocycles. The van der Waals surface area contributed by atoms with Gasteiger partial charge in [0.15, 0.2) is 0 Å². The molecule has 0 saturated heterocycles. The highest BCUT2D eigenvalue weighted by atomic mass is 14.9. The second-order valence-corrected chi connectivity index (χ2v) is 4.80. The van der Waals surface area contributed by atoms with Gasteiger partial charge in [-0.05, 0) is 43.4 Å². The van der Waals surface area contributed by atoms with E-state index in [1.54, 1.807) is 0 Å². The van der Waals surface area contributed by atoms with Crippen LogP contribution in [0.4, 0.5) is 0 Å². The van der Waals surface area contributed by atoms with E-state index in [1.807, 2.05) is 24.3 Å². The topological polar surface area (TPSA) is 61.8 Å². The fourth-order valence-corrected chi connectivity index (χ4v) is 2.28. The SMILES string of the molecule is N#Cc1ccc(CNC2CCC(N)CC2)cc1. The number of benzene rings is 1. The van der Waals surface area contributed by atoms with Crippen LogP contribution in [-0.4, -0.2) is 12.1 Å². The highest BCUT2D eigenvalue weighted by Crippen LogP contribution is 2.17. The minimum atomic E-state index is 0.406. The number of nitriles is 1. The third kappa shape index (κ3) is 3.55. The lowest BCUT2D eigenvalue weighted by molar-refractivity contribution is 0.342. The van der Waals surface area contributed by atoms with E-state index < -0.39 is 0 Å². The molecule has 1 saturated carbocycles. The molecule has 17 heavy (non-hydrogen) atoms. The second-order valence-electron chi connectivity index (χ2n) is 4.80. The summed E-state index contributed by atoms with van der Waals surface area (Å²) in [6.07, 6.45) is 4.62. The zero-order valence-electron chi connectivity index (χ0n) is 10.0. The summed E-state index contributed by atoms with van der Waals surface area (Å²) in [5.41, 5.74) is 7.83. The monoisotopic (exact) mass is 229 g/mol. The van der Waals surface area contributed by atoms with Crippen molar-refractivity contribution < 1.29 is 0 Å². The van der Waals surface area contributed by atoms with Crippen LogP contribution in [0.1, 0.15) is 36.8 Å². The molecule has 0 aliphatic heterocycles. The molecule has 0 amide bonds. The highest BCUT2D eigenvalue weighted by molar-refractivity contribution is 5.31. The molecule has 0 unspecified atom stereocenters. The van der Waals surface area contributed by atoms with Crippen molar-refractivity contribution in [2.75, 3.05) is 0 Å². The van der Waals surface area contributed by atoms with Crippen LogP contribution < -0.4 is 11.1 Å². The third-order valence-corrected chi connectivity index (χ3v) is 3.45. The summed E-state index contributed by atoms with van der Waals surface area (Å²) in [5, 5.41) is 12.3. The molecule has 1 aliphatic carbocycles. The van der Waals surface area contributed by atoms with Gasteiger partial charge in [0.05, 0.1) is 11.6 Å². The molecule has 90 valence electrons. The number of rotatable bonds is 3. The molecule has 1 fully saturated rings. The van der Waals surface area contributed by atoms with Crippen molar-refractivity contribution in [3.63, 3.8) is 0 Å². The van der Waals surface area contributed by atoms with Crippen LogP contribution in [0.15, 0.2) is 24.3 Å². The van der Waals surface area contributed by atoms with Crippen molar-refractivity contribution in [1.29, 1.82) is 5.26 Å². The van der Waals surface area contributed by atoms with Gasteiger partial charge in [-0.15, -0.1) is 0 Å². The summed E-state index contributed by atoms with van der Waals surface area (Å²) < 4.78 is 0. The van der Waals surface area contributed by atoms with E-state index in [-0.39, 0.29) is 0 Å². The summed E-state index contributed by atoms with van der Waals surface area (Å²) in [7, 11) is 0. The molecular weight excluding hydrogens is 210 g/mol.